The number of rotatable bonds is 8. The fourth-order valence-electron chi connectivity index (χ4n) is 3.18. The van der Waals surface area contributed by atoms with Gasteiger partial charge in [0.25, 0.3) is 0 Å². The van der Waals surface area contributed by atoms with Gasteiger partial charge in [0, 0.05) is 66.6 Å². The Morgan fingerprint density at radius 2 is 1.41 bits per heavy atom. The quantitative estimate of drug-likeness (QED) is 0.212. The first-order valence-corrected chi connectivity index (χ1v) is 12.2. The number of hydrogen-bond donors (Lipinski definition) is 4. The summed E-state index contributed by atoms with van der Waals surface area (Å²) in [5, 5.41) is 38.1. The molecular formula is C26H23Cl2N5O8. The third kappa shape index (κ3) is 10.6. The van der Waals surface area contributed by atoms with Crippen molar-refractivity contribution in [3.05, 3.63) is 89.2 Å². The van der Waals surface area contributed by atoms with Gasteiger partial charge in [-0.25, -0.2) is 24.2 Å². The van der Waals surface area contributed by atoms with E-state index in [1.54, 1.807) is 12.3 Å². The molecule has 0 fully saturated rings. The van der Waals surface area contributed by atoms with Gasteiger partial charge in [-0.2, -0.15) is 5.10 Å². The second-order valence-electron chi connectivity index (χ2n) is 7.78. The number of pyridine rings is 1. The number of nitrogens with zero attached hydrogens (tertiary/aromatic N) is 5. The van der Waals surface area contributed by atoms with Crippen LogP contribution in [0.15, 0.2) is 73.4 Å². The Bertz CT molecular complexity index is 1540. The predicted octanol–water partition coefficient (Wildman–Crippen LogP) is 4.03. The van der Waals surface area contributed by atoms with Gasteiger partial charge in [0.2, 0.25) is 0 Å². The largest absolute Gasteiger partial charge is 0.478 e. The molecule has 0 atom stereocenters. The smallest absolute Gasteiger partial charge is 0.328 e. The summed E-state index contributed by atoms with van der Waals surface area (Å²) in [7, 11) is 0. The Hall–Kier alpha value is -5.01. The van der Waals surface area contributed by atoms with E-state index in [2.05, 4.69) is 14.5 Å². The SMILES string of the molecule is Cc1nccn1CCn1nc(-c2ccc(Cl)c(Cl)c2)c2cnccc21.O=C(O)/C=C\C(=O)O.O=C(O)/C=C\C(=O)O. The number of aromatic nitrogens is 5. The molecule has 0 saturated carbocycles. The van der Waals surface area contributed by atoms with Crippen molar-refractivity contribution in [1.82, 2.24) is 24.3 Å². The summed E-state index contributed by atoms with van der Waals surface area (Å²) >= 11 is 12.2. The van der Waals surface area contributed by atoms with Gasteiger partial charge in [-0.3, -0.25) is 9.67 Å². The van der Waals surface area contributed by atoms with Crippen molar-refractivity contribution in [3.8, 4) is 11.3 Å². The van der Waals surface area contributed by atoms with Crippen LogP contribution in [0.25, 0.3) is 22.2 Å². The molecule has 4 rings (SSSR count). The Balaban J connectivity index is 0.000000304. The standard InChI is InChI=1S/C18H15Cl2N5.2C4H4O4/c1-12-22-6-7-24(12)8-9-25-17-4-5-21-11-14(17)18(23-25)13-2-3-15(19)16(20)10-13;2*5-3(6)1-2-4(7)8/h2-7,10-11H,8-9H2,1H3;2*1-2H,(H,5,6)(H,7,8)/b;2*2-1-. The molecule has 4 N–H and O–H groups in total. The van der Waals surface area contributed by atoms with E-state index < -0.39 is 23.9 Å². The molecule has 0 aliphatic carbocycles. The van der Waals surface area contributed by atoms with Crippen molar-refractivity contribution >= 4 is 58.0 Å². The molecule has 0 bridgehead atoms. The van der Waals surface area contributed by atoms with Crippen LogP contribution in [0, 0.1) is 6.92 Å². The fourth-order valence-corrected chi connectivity index (χ4v) is 3.48. The molecule has 41 heavy (non-hydrogen) atoms. The summed E-state index contributed by atoms with van der Waals surface area (Å²) in [5.74, 6) is -4.04. The zero-order valence-electron chi connectivity index (χ0n) is 21.3. The maximum absolute atomic E-state index is 9.55. The molecule has 214 valence electrons. The van der Waals surface area contributed by atoms with Crippen molar-refractivity contribution < 1.29 is 39.6 Å². The predicted molar refractivity (Wildman–Crippen MR) is 149 cm³/mol. The van der Waals surface area contributed by atoms with E-state index in [0.717, 1.165) is 41.1 Å². The van der Waals surface area contributed by atoms with E-state index in [-0.39, 0.29) is 0 Å². The zero-order chi connectivity index (χ0) is 30.5. The summed E-state index contributed by atoms with van der Waals surface area (Å²) in [5.41, 5.74) is 2.81. The average Bonchev–Trinajstić information content (AvgIpc) is 3.50. The lowest BCUT2D eigenvalue weighted by Gasteiger charge is -2.06. The van der Waals surface area contributed by atoms with Crippen LogP contribution in [0.2, 0.25) is 10.0 Å². The maximum atomic E-state index is 9.55. The van der Waals surface area contributed by atoms with Crippen molar-refractivity contribution in [2.75, 3.05) is 0 Å². The third-order valence-corrected chi connectivity index (χ3v) is 5.70. The summed E-state index contributed by atoms with van der Waals surface area (Å²) in [6.45, 7) is 3.52. The van der Waals surface area contributed by atoms with Gasteiger partial charge in [0.05, 0.1) is 22.1 Å². The molecule has 13 nitrogen and oxygen atoms in total. The van der Waals surface area contributed by atoms with Crippen molar-refractivity contribution in [3.63, 3.8) is 0 Å². The summed E-state index contributed by atoms with van der Waals surface area (Å²) in [6, 6.07) is 7.52. The second kappa shape index (κ2) is 15.5. The molecule has 4 aromatic rings. The number of fused-ring (bicyclic) bond motifs is 1. The van der Waals surface area contributed by atoms with Gasteiger partial charge >= 0.3 is 23.9 Å². The van der Waals surface area contributed by atoms with Crippen molar-refractivity contribution in [2.45, 2.75) is 20.0 Å². The number of aliphatic carboxylic acids is 4. The zero-order valence-corrected chi connectivity index (χ0v) is 22.8. The molecule has 0 saturated heterocycles. The molecule has 0 aliphatic rings. The highest BCUT2D eigenvalue weighted by atomic mass is 35.5. The van der Waals surface area contributed by atoms with Gasteiger partial charge in [-0.1, -0.05) is 29.3 Å². The van der Waals surface area contributed by atoms with Crippen LogP contribution < -0.4 is 0 Å². The van der Waals surface area contributed by atoms with E-state index in [9.17, 15) is 19.2 Å². The molecule has 0 aliphatic heterocycles. The van der Waals surface area contributed by atoms with Gasteiger partial charge in [-0.05, 0) is 25.1 Å². The minimum absolute atomic E-state index is 0.514. The van der Waals surface area contributed by atoms with Gasteiger partial charge in [0.15, 0.2) is 0 Å². The molecule has 3 heterocycles. The van der Waals surface area contributed by atoms with Crippen LogP contribution in [0.3, 0.4) is 0 Å². The van der Waals surface area contributed by atoms with Crippen LogP contribution in [-0.2, 0) is 32.3 Å². The molecule has 0 unspecified atom stereocenters. The summed E-state index contributed by atoms with van der Waals surface area (Å²) in [6.07, 6.45) is 9.63. The van der Waals surface area contributed by atoms with Crippen LogP contribution in [0.4, 0.5) is 0 Å². The number of benzene rings is 1. The van der Waals surface area contributed by atoms with E-state index in [0.29, 0.717) is 34.3 Å². The molecule has 15 heteroatoms. The van der Waals surface area contributed by atoms with Crippen molar-refractivity contribution in [2.24, 2.45) is 0 Å². The summed E-state index contributed by atoms with van der Waals surface area (Å²) < 4.78 is 4.10. The fraction of sp³-hybridized carbons (Fsp3) is 0.115. The van der Waals surface area contributed by atoms with Crippen LogP contribution in [0.5, 0.6) is 0 Å². The topological polar surface area (TPSA) is 198 Å². The third-order valence-electron chi connectivity index (χ3n) is 4.96. The van der Waals surface area contributed by atoms with E-state index >= 15 is 0 Å². The monoisotopic (exact) mass is 603 g/mol. The van der Waals surface area contributed by atoms with Gasteiger partial charge in [0.1, 0.15) is 11.5 Å². The number of carbonyl (C=O) groups is 4. The Kier molecular flexibility index (Phi) is 12.2. The first-order valence-electron chi connectivity index (χ1n) is 11.4. The first kappa shape index (κ1) is 32.2. The number of aryl methyl sites for hydroxylation is 3. The Morgan fingerprint density at radius 3 is 1.90 bits per heavy atom. The number of imidazole rings is 1. The average molecular weight is 604 g/mol. The van der Waals surface area contributed by atoms with E-state index in [1.165, 1.54) is 0 Å². The number of hydrogen-bond acceptors (Lipinski definition) is 7. The molecule has 0 amide bonds. The minimum atomic E-state index is -1.26. The number of carboxylic acids is 4. The molecular weight excluding hydrogens is 581 g/mol. The number of halogens is 2. The maximum Gasteiger partial charge on any atom is 0.328 e. The van der Waals surface area contributed by atoms with Gasteiger partial charge < -0.3 is 25.0 Å². The van der Waals surface area contributed by atoms with E-state index in [4.69, 9.17) is 48.7 Å². The molecule has 1 aromatic carbocycles. The van der Waals surface area contributed by atoms with E-state index in [1.807, 2.05) is 48.4 Å². The first-order chi connectivity index (χ1) is 19.4. The summed E-state index contributed by atoms with van der Waals surface area (Å²) in [4.78, 5) is 46.7. The lowest BCUT2D eigenvalue weighted by atomic mass is 10.1. The lowest BCUT2D eigenvalue weighted by molar-refractivity contribution is -0.134. The lowest BCUT2D eigenvalue weighted by Crippen LogP contribution is -2.09. The molecule has 0 radical (unpaired) electrons. The van der Waals surface area contributed by atoms with Crippen LogP contribution in [0.1, 0.15) is 5.82 Å². The highest BCUT2D eigenvalue weighted by Crippen LogP contribution is 2.32. The normalized spacial score (nSPS) is 10.6. The second-order valence-corrected chi connectivity index (χ2v) is 8.60. The Morgan fingerprint density at radius 1 is 0.829 bits per heavy atom. The molecule has 3 aromatic heterocycles. The van der Waals surface area contributed by atoms with Crippen LogP contribution in [-0.4, -0.2) is 68.6 Å². The van der Waals surface area contributed by atoms with Crippen molar-refractivity contribution in [1.29, 1.82) is 0 Å². The highest BCUT2D eigenvalue weighted by Gasteiger charge is 2.14. The Labute approximate surface area is 242 Å². The molecule has 0 spiro atoms. The minimum Gasteiger partial charge on any atom is -0.478 e. The highest BCUT2D eigenvalue weighted by molar-refractivity contribution is 6.42. The number of carboxylic acid groups (broad SMARTS) is 4. The van der Waals surface area contributed by atoms with Gasteiger partial charge in [-0.15, -0.1) is 0 Å². The van der Waals surface area contributed by atoms with Crippen LogP contribution >= 0.6 is 23.2 Å².